The fourth-order valence-corrected chi connectivity index (χ4v) is 3.38. The summed E-state index contributed by atoms with van der Waals surface area (Å²) in [6, 6.07) is 5.35. The number of hydroxylamine groups is 1. The minimum absolute atomic E-state index is 0.246. The zero-order valence-corrected chi connectivity index (χ0v) is 16.8. The Morgan fingerprint density at radius 1 is 1.34 bits per heavy atom. The lowest BCUT2D eigenvalue weighted by Gasteiger charge is -2.39. The molecule has 160 valence electrons. The van der Waals surface area contributed by atoms with Crippen LogP contribution in [0.3, 0.4) is 0 Å². The molecule has 2 rings (SSSR count). The van der Waals surface area contributed by atoms with Gasteiger partial charge in [-0.1, -0.05) is 19.4 Å². The Morgan fingerprint density at radius 2 is 2.07 bits per heavy atom. The summed E-state index contributed by atoms with van der Waals surface area (Å²) in [6.45, 7) is 5.32. The minimum atomic E-state index is -4.26. The van der Waals surface area contributed by atoms with Gasteiger partial charge < -0.3 is 4.57 Å². The summed E-state index contributed by atoms with van der Waals surface area (Å²) in [5.74, 6) is -0.643. The monoisotopic (exact) mass is 412 g/mol. The lowest BCUT2D eigenvalue weighted by atomic mass is 9.96. The number of nitrogens with zero attached hydrogens (tertiary/aromatic N) is 3. The van der Waals surface area contributed by atoms with Crippen LogP contribution in [0, 0.1) is 0 Å². The van der Waals surface area contributed by atoms with Crippen molar-refractivity contribution in [2.45, 2.75) is 51.9 Å². The van der Waals surface area contributed by atoms with Gasteiger partial charge in [0.15, 0.2) is 0 Å². The molecule has 1 aromatic heterocycles. The second kappa shape index (κ2) is 9.41. The average molecular weight is 412 g/mol. The fraction of sp³-hybridized carbons (Fsp3) is 0.500. The number of rotatable bonds is 9. The molecule has 1 amide bonds. The number of carbonyl (C=O) groups is 1. The molecule has 0 bridgehead atoms. The van der Waals surface area contributed by atoms with E-state index in [4.69, 9.17) is 5.21 Å². The molecule has 0 atom stereocenters. The van der Waals surface area contributed by atoms with E-state index in [-0.39, 0.29) is 6.54 Å². The van der Waals surface area contributed by atoms with Gasteiger partial charge in [-0.3, -0.25) is 14.9 Å². The van der Waals surface area contributed by atoms with Crippen LogP contribution in [0.1, 0.15) is 39.2 Å². The molecule has 0 radical (unpaired) electrons. The summed E-state index contributed by atoms with van der Waals surface area (Å²) in [5.41, 5.74) is 3.14. The Labute approximate surface area is 168 Å². The van der Waals surface area contributed by atoms with Crippen molar-refractivity contribution in [2.75, 3.05) is 13.1 Å². The first kappa shape index (κ1) is 22.9. The number of benzene rings is 1. The van der Waals surface area contributed by atoms with Crippen molar-refractivity contribution in [2.24, 2.45) is 0 Å². The van der Waals surface area contributed by atoms with Crippen LogP contribution in [0.5, 0.6) is 0 Å². The maximum Gasteiger partial charge on any atom is 0.401 e. The Morgan fingerprint density at radius 3 is 2.69 bits per heavy atom. The van der Waals surface area contributed by atoms with Gasteiger partial charge in [0, 0.05) is 24.7 Å². The molecule has 2 aromatic rings. The van der Waals surface area contributed by atoms with E-state index >= 15 is 0 Å². The van der Waals surface area contributed by atoms with Crippen LogP contribution in [0.25, 0.3) is 17.1 Å². The molecule has 0 aliphatic carbocycles. The molecule has 1 aromatic carbocycles. The molecule has 0 saturated carbocycles. The van der Waals surface area contributed by atoms with Crippen molar-refractivity contribution in [3.05, 3.63) is 36.2 Å². The molecule has 2 N–H and O–H groups in total. The number of nitrogens with one attached hydrogen (secondary N) is 1. The molecule has 0 aliphatic rings. The number of imidazole rings is 1. The van der Waals surface area contributed by atoms with Crippen LogP contribution >= 0.6 is 0 Å². The summed E-state index contributed by atoms with van der Waals surface area (Å²) >= 11 is 0. The van der Waals surface area contributed by atoms with E-state index in [2.05, 4.69) is 4.98 Å². The molecule has 6 nitrogen and oxygen atoms in total. The second-order valence-corrected chi connectivity index (χ2v) is 7.59. The maximum atomic E-state index is 13.1. The lowest BCUT2D eigenvalue weighted by molar-refractivity contribution is -0.158. The average Bonchev–Trinajstić information content (AvgIpc) is 3.04. The first-order valence-electron chi connectivity index (χ1n) is 9.44. The van der Waals surface area contributed by atoms with Crippen LogP contribution in [0.2, 0.25) is 0 Å². The highest BCUT2D eigenvalue weighted by molar-refractivity contribution is 5.91. The largest absolute Gasteiger partial charge is 0.401 e. The number of hydrogen-bond donors (Lipinski definition) is 2. The van der Waals surface area contributed by atoms with Gasteiger partial charge in [-0.2, -0.15) is 13.2 Å². The fourth-order valence-electron chi connectivity index (χ4n) is 3.38. The van der Waals surface area contributed by atoms with Crippen LogP contribution in [-0.4, -0.2) is 50.4 Å². The number of fused-ring (bicyclic) bond motifs is 1. The van der Waals surface area contributed by atoms with E-state index in [0.717, 1.165) is 11.9 Å². The number of halogens is 3. The highest BCUT2D eigenvalue weighted by atomic mass is 19.4. The van der Waals surface area contributed by atoms with E-state index in [9.17, 15) is 18.0 Å². The number of alkyl halides is 3. The highest BCUT2D eigenvalue weighted by Gasteiger charge is 2.36. The first-order valence-corrected chi connectivity index (χ1v) is 9.44. The molecule has 29 heavy (non-hydrogen) atoms. The molecule has 9 heteroatoms. The first-order chi connectivity index (χ1) is 13.6. The summed E-state index contributed by atoms with van der Waals surface area (Å²) in [7, 11) is 0. The second-order valence-electron chi connectivity index (χ2n) is 7.59. The Kier molecular flexibility index (Phi) is 7.43. The van der Waals surface area contributed by atoms with Gasteiger partial charge >= 0.3 is 6.18 Å². The predicted molar refractivity (Wildman–Crippen MR) is 105 cm³/mol. The van der Waals surface area contributed by atoms with E-state index in [1.807, 2.05) is 31.4 Å². The minimum Gasteiger partial charge on any atom is -0.329 e. The van der Waals surface area contributed by atoms with Gasteiger partial charge in [0.05, 0.1) is 23.9 Å². The Hall–Kier alpha value is -2.39. The molecular formula is C20H27F3N4O2. The summed E-state index contributed by atoms with van der Waals surface area (Å²) in [5, 5.41) is 8.51. The van der Waals surface area contributed by atoms with Crippen LogP contribution in [0.15, 0.2) is 30.6 Å². The van der Waals surface area contributed by atoms with Crippen LogP contribution < -0.4 is 5.48 Å². The zero-order valence-electron chi connectivity index (χ0n) is 16.8. The number of aromatic nitrogens is 2. The number of amides is 1. The third-order valence-corrected chi connectivity index (χ3v) is 4.88. The predicted octanol–water partition coefficient (Wildman–Crippen LogP) is 4.00. The van der Waals surface area contributed by atoms with Gasteiger partial charge in [-0.15, -0.1) is 0 Å². The van der Waals surface area contributed by atoms with Crippen molar-refractivity contribution in [1.29, 1.82) is 0 Å². The summed E-state index contributed by atoms with van der Waals surface area (Å²) in [4.78, 5) is 16.9. The molecule has 0 saturated heterocycles. The Bertz CT molecular complexity index is 859. The van der Waals surface area contributed by atoms with Crippen molar-refractivity contribution in [3.63, 3.8) is 0 Å². The number of hydrogen-bond acceptors (Lipinski definition) is 4. The summed E-state index contributed by atoms with van der Waals surface area (Å²) in [6.07, 6.45) is 1.54. The molecule has 0 spiro atoms. The van der Waals surface area contributed by atoms with Crippen molar-refractivity contribution < 1.29 is 23.2 Å². The molecule has 1 heterocycles. The molecule has 0 fully saturated rings. The summed E-state index contributed by atoms with van der Waals surface area (Å²) < 4.78 is 41.1. The Balaban J connectivity index is 2.17. The van der Waals surface area contributed by atoms with E-state index in [0.29, 0.717) is 24.0 Å². The SMILES string of the molecule is CCCC(C)(C)N(CCn1cnc2cc(C=CC(=O)NO)ccc21)CC(F)(F)F. The highest BCUT2D eigenvalue weighted by Crippen LogP contribution is 2.26. The van der Waals surface area contributed by atoms with Gasteiger partial charge in [-0.05, 0) is 44.0 Å². The van der Waals surface area contributed by atoms with Crippen molar-refractivity contribution in [1.82, 2.24) is 19.9 Å². The van der Waals surface area contributed by atoms with Gasteiger partial charge in [0.25, 0.3) is 5.91 Å². The van der Waals surface area contributed by atoms with Gasteiger partial charge in [0.2, 0.25) is 0 Å². The van der Waals surface area contributed by atoms with Gasteiger partial charge in [0.1, 0.15) is 0 Å². The lowest BCUT2D eigenvalue weighted by Crippen LogP contribution is -2.49. The molecule has 0 unspecified atom stereocenters. The van der Waals surface area contributed by atoms with E-state index in [1.165, 1.54) is 22.5 Å². The van der Waals surface area contributed by atoms with E-state index in [1.54, 1.807) is 18.5 Å². The maximum absolute atomic E-state index is 13.1. The van der Waals surface area contributed by atoms with E-state index < -0.39 is 24.2 Å². The van der Waals surface area contributed by atoms with Gasteiger partial charge in [-0.25, -0.2) is 10.5 Å². The molecular weight excluding hydrogens is 385 g/mol. The van der Waals surface area contributed by atoms with Crippen molar-refractivity contribution >= 4 is 23.0 Å². The number of carbonyl (C=O) groups excluding carboxylic acids is 1. The van der Waals surface area contributed by atoms with Crippen LogP contribution in [0.4, 0.5) is 13.2 Å². The van der Waals surface area contributed by atoms with Crippen molar-refractivity contribution in [3.8, 4) is 0 Å². The third-order valence-electron chi connectivity index (χ3n) is 4.88. The quantitative estimate of drug-likeness (QED) is 0.371. The topological polar surface area (TPSA) is 70.4 Å². The molecule has 0 aliphatic heterocycles. The zero-order chi connectivity index (χ0) is 21.7. The standard InChI is InChI=1S/C20H27F3N4O2/c1-4-9-19(2,3)27(13-20(21,22)23)11-10-26-14-24-16-12-15(5-7-17(16)26)6-8-18(28)25-29/h5-8,12,14,29H,4,9-11,13H2,1-3H3,(H,25,28). The third kappa shape index (κ3) is 6.57. The smallest absolute Gasteiger partial charge is 0.329 e. The van der Waals surface area contributed by atoms with Crippen LogP contribution in [-0.2, 0) is 11.3 Å². The normalized spacial score (nSPS) is 13.0.